The van der Waals surface area contributed by atoms with E-state index in [0.29, 0.717) is 12.2 Å². The van der Waals surface area contributed by atoms with Crippen molar-refractivity contribution in [2.24, 2.45) is 5.73 Å². The van der Waals surface area contributed by atoms with Crippen molar-refractivity contribution in [3.63, 3.8) is 0 Å². The van der Waals surface area contributed by atoms with Crippen molar-refractivity contribution in [3.8, 4) is 0 Å². The maximum atomic E-state index is 12.9. The number of hydrogen-bond acceptors (Lipinski definition) is 4. The number of rotatable bonds is 4. The lowest BCUT2D eigenvalue weighted by atomic mass is 9.95. The molecule has 0 radical (unpaired) electrons. The standard InChI is InChI=1S/C21H28N4O2/c22-17-4-3-13-24-18(17)19(26)25(20(24)27)16-7-5-15(6-8-16)21(9-10-21)14-23-11-1-2-12-23/h5-8,17-18H,1-4,9-14,22H2/t17-,18+/m1/s1. The Bertz CT molecular complexity index is 752. The number of benzene rings is 1. The molecule has 3 amide bonds. The van der Waals surface area contributed by atoms with Crippen LogP contribution in [0.1, 0.15) is 44.1 Å². The zero-order valence-corrected chi connectivity index (χ0v) is 15.8. The van der Waals surface area contributed by atoms with E-state index in [-0.39, 0.29) is 23.4 Å². The number of carbonyl (C=O) groups is 2. The number of nitrogens with zero attached hydrogens (tertiary/aromatic N) is 3. The van der Waals surface area contributed by atoms with Gasteiger partial charge in [-0.05, 0) is 69.3 Å². The summed E-state index contributed by atoms with van der Waals surface area (Å²) in [5, 5.41) is 0. The summed E-state index contributed by atoms with van der Waals surface area (Å²) in [6.07, 6.45) is 6.75. The average molecular weight is 368 g/mol. The third-order valence-corrected chi connectivity index (χ3v) is 6.90. The van der Waals surface area contributed by atoms with E-state index in [9.17, 15) is 9.59 Å². The predicted molar refractivity (Wildman–Crippen MR) is 104 cm³/mol. The summed E-state index contributed by atoms with van der Waals surface area (Å²) in [5.74, 6) is -0.168. The summed E-state index contributed by atoms with van der Waals surface area (Å²) in [4.78, 5) is 31.2. The Morgan fingerprint density at radius 1 is 1.00 bits per heavy atom. The summed E-state index contributed by atoms with van der Waals surface area (Å²) < 4.78 is 0. The maximum absolute atomic E-state index is 12.9. The number of anilines is 1. The van der Waals surface area contributed by atoms with E-state index in [4.69, 9.17) is 5.73 Å². The fourth-order valence-corrected chi connectivity index (χ4v) is 5.17. The van der Waals surface area contributed by atoms with E-state index in [0.717, 1.165) is 19.4 Å². The summed E-state index contributed by atoms with van der Waals surface area (Å²) >= 11 is 0. The van der Waals surface area contributed by atoms with Crippen molar-refractivity contribution in [2.45, 2.75) is 56.0 Å². The number of likely N-dealkylation sites (tertiary alicyclic amines) is 1. The van der Waals surface area contributed by atoms with Crippen LogP contribution in [-0.2, 0) is 10.2 Å². The van der Waals surface area contributed by atoms with Gasteiger partial charge >= 0.3 is 6.03 Å². The quantitative estimate of drug-likeness (QED) is 0.826. The van der Waals surface area contributed by atoms with Gasteiger partial charge in [-0.2, -0.15) is 0 Å². The number of carbonyl (C=O) groups excluding carboxylic acids is 2. The molecule has 3 heterocycles. The largest absolute Gasteiger partial charge is 0.332 e. The molecule has 1 aromatic carbocycles. The molecule has 1 aliphatic carbocycles. The highest BCUT2D eigenvalue weighted by molar-refractivity contribution is 6.21. The van der Waals surface area contributed by atoms with Gasteiger partial charge in [0.2, 0.25) is 0 Å². The highest BCUT2D eigenvalue weighted by Crippen LogP contribution is 2.49. The van der Waals surface area contributed by atoms with Crippen LogP contribution in [0.5, 0.6) is 0 Å². The first-order valence-electron chi connectivity index (χ1n) is 10.3. The van der Waals surface area contributed by atoms with E-state index in [1.54, 1.807) is 4.90 Å². The Morgan fingerprint density at radius 3 is 2.33 bits per heavy atom. The van der Waals surface area contributed by atoms with Crippen LogP contribution in [-0.4, -0.2) is 60.0 Å². The molecule has 4 fully saturated rings. The molecule has 2 N–H and O–H groups in total. The number of hydrogen-bond donors (Lipinski definition) is 1. The van der Waals surface area contributed by atoms with Gasteiger partial charge in [0.15, 0.2) is 0 Å². The Kier molecular flexibility index (Phi) is 4.02. The Labute approximate surface area is 160 Å². The maximum Gasteiger partial charge on any atom is 0.332 e. The van der Waals surface area contributed by atoms with Gasteiger partial charge < -0.3 is 15.5 Å². The zero-order chi connectivity index (χ0) is 18.6. The third-order valence-electron chi connectivity index (χ3n) is 6.90. The highest BCUT2D eigenvalue weighted by Gasteiger charge is 2.50. The van der Waals surface area contributed by atoms with E-state index < -0.39 is 6.04 Å². The monoisotopic (exact) mass is 368 g/mol. The molecule has 3 saturated heterocycles. The van der Waals surface area contributed by atoms with Gasteiger partial charge in [-0.15, -0.1) is 0 Å². The molecule has 0 bridgehead atoms. The molecule has 1 aromatic rings. The van der Waals surface area contributed by atoms with Gasteiger partial charge in [-0.3, -0.25) is 4.79 Å². The lowest BCUT2D eigenvalue weighted by molar-refractivity contribution is -0.120. The first-order chi connectivity index (χ1) is 13.1. The number of piperidine rings is 1. The number of urea groups is 1. The minimum absolute atomic E-state index is 0.168. The normalized spacial score (nSPS) is 30.1. The first kappa shape index (κ1) is 17.2. The van der Waals surface area contributed by atoms with Crippen molar-refractivity contribution in [3.05, 3.63) is 29.8 Å². The molecule has 5 rings (SSSR count). The SMILES string of the molecule is N[C@@H]1CCCN2C(=O)N(c3ccc(C4(CN5CCCC5)CC4)cc3)C(=O)[C@H]12. The molecule has 3 aliphatic heterocycles. The zero-order valence-electron chi connectivity index (χ0n) is 15.8. The predicted octanol–water partition coefficient (Wildman–Crippen LogP) is 2.07. The van der Waals surface area contributed by atoms with Crippen molar-refractivity contribution in [1.29, 1.82) is 0 Å². The van der Waals surface area contributed by atoms with Crippen LogP contribution in [0.15, 0.2) is 24.3 Å². The summed E-state index contributed by atoms with van der Waals surface area (Å²) in [6.45, 7) is 4.19. The van der Waals surface area contributed by atoms with Crippen molar-refractivity contribution in [2.75, 3.05) is 31.1 Å². The summed E-state index contributed by atoms with van der Waals surface area (Å²) in [5.41, 5.74) is 8.43. The molecule has 4 aliphatic rings. The van der Waals surface area contributed by atoms with E-state index in [2.05, 4.69) is 17.0 Å². The molecule has 144 valence electrons. The Balaban J connectivity index is 1.36. The Morgan fingerprint density at radius 2 is 1.70 bits per heavy atom. The fraction of sp³-hybridized carbons (Fsp3) is 0.619. The first-order valence-corrected chi connectivity index (χ1v) is 10.3. The second-order valence-electron chi connectivity index (χ2n) is 8.71. The van der Waals surface area contributed by atoms with E-state index in [1.165, 1.54) is 49.2 Å². The molecule has 2 atom stereocenters. The number of fused-ring (bicyclic) bond motifs is 1. The van der Waals surface area contributed by atoms with Crippen molar-refractivity contribution >= 4 is 17.6 Å². The van der Waals surface area contributed by atoms with Crippen LogP contribution in [0.2, 0.25) is 0 Å². The second kappa shape index (κ2) is 6.31. The number of amides is 3. The van der Waals surface area contributed by atoms with Crippen molar-refractivity contribution in [1.82, 2.24) is 9.80 Å². The van der Waals surface area contributed by atoms with Gasteiger partial charge in [0.1, 0.15) is 6.04 Å². The molecule has 0 unspecified atom stereocenters. The van der Waals surface area contributed by atoms with E-state index in [1.807, 2.05) is 12.1 Å². The van der Waals surface area contributed by atoms with Crippen LogP contribution < -0.4 is 10.6 Å². The number of nitrogens with two attached hydrogens (primary N) is 1. The van der Waals surface area contributed by atoms with Crippen molar-refractivity contribution < 1.29 is 9.59 Å². The van der Waals surface area contributed by atoms with E-state index >= 15 is 0 Å². The molecule has 27 heavy (non-hydrogen) atoms. The summed E-state index contributed by atoms with van der Waals surface area (Å²) in [6, 6.07) is 7.17. The van der Waals surface area contributed by atoms with Crippen LogP contribution in [0.25, 0.3) is 0 Å². The average Bonchev–Trinajstić information content (AvgIpc) is 3.17. The lowest BCUT2D eigenvalue weighted by Gasteiger charge is -2.31. The highest BCUT2D eigenvalue weighted by atomic mass is 16.2. The molecule has 6 heteroatoms. The molecule has 0 spiro atoms. The van der Waals surface area contributed by atoms with Crippen LogP contribution in [0.4, 0.5) is 10.5 Å². The minimum Gasteiger partial charge on any atom is -0.325 e. The van der Waals surface area contributed by atoms with Gasteiger partial charge in [-0.1, -0.05) is 12.1 Å². The van der Waals surface area contributed by atoms with Gasteiger partial charge in [0, 0.05) is 24.5 Å². The Hall–Kier alpha value is -1.92. The topological polar surface area (TPSA) is 69.9 Å². The second-order valence-corrected chi connectivity index (χ2v) is 8.71. The van der Waals surface area contributed by atoms with Gasteiger partial charge in [-0.25, -0.2) is 9.69 Å². The third kappa shape index (κ3) is 2.77. The fourth-order valence-electron chi connectivity index (χ4n) is 5.17. The molecule has 6 nitrogen and oxygen atoms in total. The molecular weight excluding hydrogens is 340 g/mol. The van der Waals surface area contributed by atoms with Crippen LogP contribution >= 0.6 is 0 Å². The minimum atomic E-state index is -0.490. The lowest BCUT2D eigenvalue weighted by Crippen LogP contribution is -2.52. The van der Waals surface area contributed by atoms with Crippen LogP contribution in [0.3, 0.4) is 0 Å². The van der Waals surface area contributed by atoms with Gasteiger partial charge in [0.25, 0.3) is 5.91 Å². The molecular formula is C21H28N4O2. The van der Waals surface area contributed by atoms with Gasteiger partial charge in [0.05, 0.1) is 5.69 Å². The number of imide groups is 1. The smallest absolute Gasteiger partial charge is 0.325 e. The molecule has 1 saturated carbocycles. The van der Waals surface area contributed by atoms with Crippen LogP contribution in [0, 0.1) is 0 Å². The molecule has 0 aromatic heterocycles. The summed E-state index contributed by atoms with van der Waals surface area (Å²) in [7, 11) is 0.